The number of carbonyl (C=O) groups excluding carboxylic acids is 3. The second-order valence-electron chi connectivity index (χ2n) is 3.73. The molecule has 0 radical (unpaired) electrons. The van der Waals surface area contributed by atoms with Crippen LogP contribution in [-0.4, -0.2) is 30.3 Å². The van der Waals surface area contributed by atoms with Crippen molar-refractivity contribution in [2.24, 2.45) is 0 Å². The second-order valence-corrected chi connectivity index (χ2v) is 4.67. The Morgan fingerprint density at radius 1 is 1.44 bits per heavy atom. The first-order chi connectivity index (χ1) is 8.50. The van der Waals surface area contributed by atoms with E-state index >= 15 is 0 Å². The lowest BCUT2D eigenvalue weighted by molar-refractivity contribution is -0.153. The number of esters is 1. The number of thiophene rings is 1. The molecule has 1 aromatic rings. The molecule has 0 spiro atoms. The third kappa shape index (κ3) is 4.67. The van der Waals surface area contributed by atoms with Crippen LogP contribution in [0, 0.1) is 0 Å². The van der Waals surface area contributed by atoms with Crippen LogP contribution < -0.4 is 5.32 Å². The van der Waals surface area contributed by atoms with Crippen LogP contribution in [0.25, 0.3) is 0 Å². The minimum atomic E-state index is -0.731. The Hall–Kier alpha value is -1.69. The molecule has 1 amide bonds. The Bertz CT molecular complexity index is 427. The zero-order valence-electron chi connectivity index (χ0n) is 10.3. The highest BCUT2D eigenvalue weighted by Gasteiger charge is 2.13. The number of Topliss-reactive ketones (excluding diaryl/α,β-unsaturated/α-hetero) is 1. The van der Waals surface area contributed by atoms with E-state index < -0.39 is 12.1 Å². The summed E-state index contributed by atoms with van der Waals surface area (Å²) in [7, 11) is 0. The average Bonchev–Trinajstić information content (AvgIpc) is 2.81. The molecule has 1 unspecified atom stereocenters. The van der Waals surface area contributed by atoms with Gasteiger partial charge >= 0.3 is 5.97 Å². The van der Waals surface area contributed by atoms with E-state index in [1.807, 2.05) is 0 Å². The van der Waals surface area contributed by atoms with E-state index in [2.05, 4.69) is 5.32 Å². The highest BCUT2D eigenvalue weighted by molar-refractivity contribution is 7.12. The van der Waals surface area contributed by atoms with Crippen molar-refractivity contribution < 1.29 is 19.1 Å². The summed E-state index contributed by atoms with van der Waals surface area (Å²) < 4.78 is 4.85. The van der Waals surface area contributed by atoms with Gasteiger partial charge in [-0.25, -0.2) is 0 Å². The quantitative estimate of drug-likeness (QED) is 0.792. The third-order valence-electron chi connectivity index (χ3n) is 2.24. The molecule has 0 saturated carbocycles. The maximum atomic E-state index is 11.5. The van der Waals surface area contributed by atoms with Gasteiger partial charge in [-0.05, 0) is 25.3 Å². The minimum absolute atomic E-state index is 0.0503. The van der Waals surface area contributed by atoms with Gasteiger partial charge in [0, 0.05) is 6.54 Å². The SMILES string of the molecule is CC(=O)C(C)OC(=O)CCNC(=O)c1cccs1. The van der Waals surface area contributed by atoms with Crippen LogP contribution in [0.5, 0.6) is 0 Å². The fourth-order valence-electron chi connectivity index (χ4n) is 1.11. The number of amides is 1. The highest BCUT2D eigenvalue weighted by atomic mass is 32.1. The van der Waals surface area contributed by atoms with Crippen LogP contribution in [-0.2, 0) is 14.3 Å². The number of nitrogens with one attached hydrogen (secondary N) is 1. The highest BCUT2D eigenvalue weighted by Crippen LogP contribution is 2.07. The zero-order chi connectivity index (χ0) is 13.5. The predicted molar refractivity (Wildman–Crippen MR) is 67.5 cm³/mol. The van der Waals surface area contributed by atoms with E-state index in [9.17, 15) is 14.4 Å². The van der Waals surface area contributed by atoms with Crippen molar-refractivity contribution in [3.8, 4) is 0 Å². The summed E-state index contributed by atoms with van der Waals surface area (Å²) in [6, 6.07) is 3.48. The summed E-state index contributed by atoms with van der Waals surface area (Å²) in [5, 5.41) is 4.41. The van der Waals surface area contributed by atoms with Gasteiger partial charge in [0.25, 0.3) is 5.91 Å². The molecule has 0 bridgehead atoms. The molecule has 5 nitrogen and oxygen atoms in total. The molecule has 0 aliphatic heterocycles. The molecule has 18 heavy (non-hydrogen) atoms. The maximum absolute atomic E-state index is 11.5. The van der Waals surface area contributed by atoms with Crippen molar-refractivity contribution in [3.05, 3.63) is 22.4 Å². The molecule has 0 aliphatic carbocycles. The van der Waals surface area contributed by atoms with Crippen molar-refractivity contribution in [2.45, 2.75) is 26.4 Å². The number of ketones is 1. The van der Waals surface area contributed by atoms with Crippen LogP contribution in [0.4, 0.5) is 0 Å². The predicted octanol–water partition coefficient (Wildman–Crippen LogP) is 1.39. The van der Waals surface area contributed by atoms with E-state index in [-0.39, 0.29) is 24.7 Å². The van der Waals surface area contributed by atoms with Gasteiger partial charge in [0.1, 0.15) is 0 Å². The normalized spacial score (nSPS) is 11.7. The topological polar surface area (TPSA) is 72.5 Å². The van der Waals surface area contributed by atoms with Gasteiger partial charge in [-0.2, -0.15) is 0 Å². The molecular formula is C12H15NO4S. The van der Waals surface area contributed by atoms with E-state index in [0.717, 1.165) is 0 Å². The van der Waals surface area contributed by atoms with Crippen LogP contribution in [0.1, 0.15) is 29.9 Å². The van der Waals surface area contributed by atoms with Gasteiger partial charge in [-0.3, -0.25) is 14.4 Å². The molecule has 98 valence electrons. The summed E-state index contributed by atoms with van der Waals surface area (Å²) in [6.45, 7) is 3.07. The Balaban J connectivity index is 2.24. The van der Waals surface area contributed by atoms with Crippen LogP contribution in [0.2, 0.25) is 0 Å². The van der Waals surface area contributed by atoms with E-state index in [1.165, 1.54) is 25.2 Å². The van der Waals surface area contributed by atoms with Gasteiger partial charge in [0.2, 0.25) is 0 Å². The summed E-state index contributed by atoms with van der Waals surface area (Å²) in [6.07, 6.45) is -0.681. The lowest BCUT2D eigenvalue weighted by Gasteiger charge is -2.09. The van der Waals surface area contributed by atoms with Crippen molar-refractivity contribution >= 4 is 29.0 Å². The summed E-state index contributed by atoms with van der Waals surface area (Å²) >= 11 is 1.33. The van der Waals surface area contributed by atoms with Gasteiger partial charge in [-0.15, -0.1) is 11.3 Å². The van der Waals surface area contributed by atoms with Crippen LogP contribution >= 0.6 is 11.3 Å². The molecule has 1 rings (SSSR count). The first-order valence-electron chi connectivity index (χ1n) is 5.52. The molecule has 1 heterocycles. The molecule has 0 aromatic carbocycles. The van der Waals surface area contributed by atoms with Gasteiger partial charge in [-0.1, -0.05) is 6.07 Å². The molecule has 0 fully saturated rings. The summed E-state index contributed by atoms with van der Waals surface area (Å²) in [4.78, 5) is 34.3. The third-order valence-corrected chi connectivity index (χ3v) is 3.11. The molecule has 1 atom stereocenters. The Kier molecular flexibility index (Phi) is 5.51. The van der Waals surface area contributed by atoms with E-state index in [4.69, 9.17) is 4.74 Å². The first kappa shape index (κ1) is 14.4. The smallest absolute Gasteiger partial charge is 0.308 e. The standard InChI is InChI=1S/C12H15NO4S/c1-8(14)9(2)17-11(15)5-6-13-12(16)10-4-3-7-18-10/h3-4,7,9H,5-6H2,1-2H3,(H,13,16). The number of hydrogen-bond acceptors (Lipinski definition) is 5. The molecule has 0 saturated heterocycles. The summed E-state index contributed by atoms with van der Waals surface area (Å²) in [5.41, 5.74) is 0. The van der Waals surface area contributed by atoms with Gasteiger partial charge < -0.3 is 10.1 Å². The van der Waals surface area contributed by atoms with Crippen molar-refractivity contribution in [1.29, 1.82) is 0 Å². The Labute approximate surface area is 109 Å². The largest absolute Gasteiger partial charge is 0.455 e. The van der Waals surface area contributed by atoms with Crippen molar-refractivity contribution in [1.82, 2.24) is 5.32 Å². The Morgan fingerprint density at radius 2 is 2.17 bits per heavy atom. The molecular weight excluding hydrogens is 254 g/mol. The Morgan fingerprint density at radius 3 is 2.72 bits per heavy atom. The maximum Gasteiger partial charge on any atom is 0.308 e. The molecule has 0 aliphatic rings. The van der Waals surface area contributed by atoms with Crippen molar-refractivity contribution in [3.63, 3.8) is 0 Å². The second kappa shape index (κ2) is 6.90. The zero-order valence-corrected chi connectivity index (χ0v) is 11.1. The average molecular weight is 269 g/mol. The van der Waals surface area contributed by atoms with E-state index in [1.54, 1.807) is 17.5 Å². The summed E-state index contributed by atoms with van der Waals surface area (Å²) in [5.74, 6) is -0.910. The van der Waals surface area contributed by atoms with Crippen LogP contribution in [0.3, 0.4) is 0 Å². The van der Waals surface area contributed by atoms with Gasteiger partial charge in [0.15, 0.2) is 11.9 Å². The monoisotopic (exact) mass is 269 g/mol. The fourth-order valence-corrected chi connectivity index (χ4v) is 1.75. The number of carbonyl (C=O) groups is 3. The minimum Gasteiger partial charge on any atom is -0.455 e. The molecule has 1 N–H and O–H groups in total. The molecule has 6 heteroatoms. The first-order valence-corrected chi connectivity index (χ1v) is 6.40. The fraction of sp³-hybridized carbons (Fsp3) is 0.417. The number of hydrogen-bond donors (Lipinski definition) is 1. The van der Waals surface area contributed by atoms with Gasteiger partial charge in [0.05, 0.1) is 11.3 Å². The van der Waals surface area contributed by atoms with Crippen molar-refractivity contribution in [2.75, 3.05) is 6.54 Å². The lowest BCUT2D eigenvalue weighted by atomic mass is 10.3. The number of rotatable bonds is 6. The van der Waals surface area contributed by atoms with Crippen LogP contribution in [0.15, 0.2) is 17.5 Å². The number of ether oxygens (including phenoxy) is 1. The lowest BCUT2D eigenvalue weighted by Crippen LogP contribution is -2.28. The van der Waals surface area contributed by atoms with E-state index in [0.29, 0.717) is 4.88 Å². The molecule has 1 aromatic heterocycles.